The topological polar surface area (TPSA) is 55.4 Å². The van der Waals surface area contributed by atoms with E-state index in [1.54, 1.807) is 20.1 Å². The predicted octanol–water partition coefficient (Wildman–Crippen LogP) is 4.09. The van der Waals surface area contributed by atoms with Crippen LogP contribution in [0, 0.1) is 18.8 Å². The molecule has 0 unspecified atom stereocenters. The molecule has 1 aromatic carbocycles. The minimum absolute atomic E-state index is 0.0935. The van der Waals surface area contributed by atoms with E-state index in [0.717, 1.165) is 11.3 Å². The van der Waals surface area contributed by atoms with Gasteiger partial charge < -0.3 is 4.74 Å². The molecule has 0 aliphatic heterocycles. The third kappa shape index (κ3) is 4.70. The van der Waals surface area contributed by atoms with Gasteiger partial charge in [0.2, 0.25) is 10.0 Å². The molecule has 0 aromatic heterocycles. The van der Waals surface area contributed by atoms with Gasteiger partial charge >= 0.3 is 0 Å². The summed E-state index contributed by atoms with van der Waals surface area (Å²) in [6.45, 7) is 14.0. The molecule has 132 valence electrons. The van der Waals surface area contributed by atoms with Crippen LogP contribution in [0.1, 0.15) is 58.6 Å². The fourth-order valence-electron chi connectivity index (χ4n) is 2.88. The Morgan fingerprint density at radius 3 is 1.91 bits per heavy atom. The lowest BCUT2D eigenvalue weighted by Crippen LogP contribution is -2.42. The summed E-state index contributed by atoms with van der Waals surface area (Å²) in [7, 11) is -1.96. The van der Waals surface area contributed by atoms with Crippen LogP contribution in [0.3, 0.4) is 0 Å². The quantitative estimate of drug-likeness (QED) is 0.813. The Bertz CT molecular complexity index is 626. The number of sulfonamides is 1. The van der Waals surface area contributed by atoms with Crippen molar-refractivity contribution in [3.05, 3.63) is 23.3 Å². The lowest BCUT2D eigenvalue weighted by molar-refractivity contribution is 0.355. The highest BCUT2D eigenvalue weighted by molar-refractivity contribution is 7.89. The Morgan fingerprint density at radius 1 is 1.00 bits per heavy atom. The van der Waals surface area contributed by atoms with Crippen molar-refractivity contribution in [3.8, 4) is 5.75 Å². The van der Waals surface area contributed by atoms with Crippen molar-refractivity contribution in [1.29, 1.82) is 0 Å². The number of methoxy groups -OCH3 is 1. The van der Waals surface area contributed by atoms with Crippen molar-refractivity contribution >= 4 is 10.0 Å². The molecule has 0 radical (unpaired) electrons. The molecular weight excluding hydrogens is 310 g/mol. The van der Waals surface area contributed by atoms with Crippen molar-refractivity contribution in [2.24, 2.45) is 11.8 Å². The second-order valence-electron chi connectivity index (χ2n) is 7.15. The Kier molecular flexibility index (Phi) is 6.66. The van der Waals surface area contributed by atoms with E-state index in [4.69, 9.17) is 4.74 Å². The van der Waals surface area contributed by atoms with Crippen LogP contribution in [0.4, 0.5) is 0 Å². The Labute approximate surface area is 141 Å². The molecule has 1 rings (SSSR count). The number of hydrogen-bond donors (Lipinski definition) is 1. The monoisotopic (exact) mass is 341 g/mol. The van der Waals surface area contributed by atoms with Gasteiger partial charge in [0, 0.05) is 6.04 Å². The molecule has 0 aliphatic carbocycles. The molecule has 0 amide bonds. The van der Waals surface area contributed by atoms with Gasteiger partial charge in [0.1, 0.15) is 5.75 Å². The van der Waals surface area contributed by atoms with Crippen LogP contribution >= 0.6 is 0 Å². The first-order chi connectivity index (χ1) is 10.5. The molecule has 0 bridgehead atoms. The minimum atomic E-state index is -3.57. The molecular formula is C18H31NO3S. The van der Waals surface area contributed by atoms with E-state index in [-0.39, 0.29) is 23.8 Å². The number of nitrogens with one attached hydrogen (secondary N) is 1. The third-order valence-corrected chi connectivity index (χ3v) is 5.77. The van der Waals surface area contributed by atoms with Gasteiger partial charge in [-0.15, -0.1) is 0 Å². The molecule has 0 spiro atoms. The minimum Gasteiger partial charge on any atom is -0.496 e. The fourth-order valence-corrected chi connectivity index (χ4v) is 4.67. The van der Waals surface area contributed by atoms with E-state index < -0.39 is 10.0 Å². The number of benzene rings is 1. The van der Waals surface area contributed by atoms with Crippen LogP contribution in [0.5, 0.6) is 5.75 Å². The van der Waals surface area contributed by atoms with Crippen molar-refractivity contribution < 1.29 is 13.2 Å². The maximum Gasteiger partial charge on any atom is 0.241 e. The highest BCUT2D eigenvalue weighted by Crippen LogP contribution is 2.32. The Hall–Kier alpha value is -1.07. The van der Waals surface area contributed by atoms with Gasteiger partial charge in [-0.05, 0) is 47.9 Å². The van der Waals surface area contributed by atoms with Crippen LogP contribution in [0.25, 0.3) is 0 Å². The van der Waals surface area contributed by atoms with E-state index in [1.165, 1.54) is 0 Å². The van der Waals surface area contributed by atoms with Crippen LogP contribution in [0.2, 0.25) is 0 Å². The van der Waals surface area contributed by atoms with E-state index >= 15 is 0 Å². The largest absolute Gasteiger partial charge is 0.496 e. The van der Waals surface area contributed by atoms with Gasteiger partial charge in [-0.1, -0.05) is 41.5 Å². The molecule has 0 fully saturated rings. The van der Waals surface area contributed by atoms with Crippen LogP contribution in [0.15, 0.2) is 17.0 Å². The number of hydrogen-bond acceptors (Lipinski definition) is 3. The normalized spacial score (nSPS) is 12.7. The molecule has 23 heavy (non-hydrogen) atoms. The van der Waals surface area contributed by atoms with Crippen molar-refractivity contribution in [1.82, 2.24) is 4.72 Å². The van der Waals surface area contributed by atoms with Crippen LogP contribution in [-0.2, 0) is 10.0 Å². The second-order valence-corrected chi connectivity index (χ2v) is 8.83. The summed E-state index contributed by atoms with van der Waals surface area (Å²) in [5, 5.41) is 0. The van der Waals surface area contributed by atoms with Gasteiger partial charge in [-0.25, -0.2) is 13.1 Å². The van der Waals surface area contributed by atoms with Gasteiger partial charge in [0.05, 0.1) is 12.0 Å². The van der Waals surface area contributed by atoms with Crippen LogP contribution in [-0.4, -0.2) is 21.6 Å². The molecule has 0 aliphatic rings. The molecule has 0 saturated heterocycles. The standard InChI is InChI=1S/C18H31NO3S/c1-11(2)15-10-17(14(7)9-16(15)22-8)23(20,21)19-18(12(3)4)13(5)6/h9-13,18-19H,1-8H3. The van der Waals surface area contributed by atoms with Crippen molar-refractivity contribution in [2.75, 3.05) is 7.11 Å². The summed E-state index contributed by atoms with van der Waals surface area (Å²) >= 11 is 0. The first-order valence-corrected chi connectivity index (χ1v) is 9.70. The highest BCUT2D eigenvalue weighted by atomic mass is 32.2. The predicted molar refractivity (Wildman–Crippen MR) is 95.6 cm³/mol. The first kappa shape index (κ1) is 20.0. The molecule has 0 heterocycles. The van der Waals surface area contributed by atoms with E-state index in [9.17, 15) is 8.42 Å². The lowest BCUT2D eigenvalue weighted by atomic mass is 9.94. The molecule has 1 aromatic rings. The van der Waals surface area contributed by atoms with Crippen LogP contribution < -0.4 is 9.46 Å². The average molecular weight is 342 g/mol. The number of rotatable bonds is 7. The van der Waals surface area contributed by atoms with Gasteiger partial charge in [-0.3, -0.25) is 0 Å². The average Bonchev–Trinajstić information content (AvgIpc) is 2.43. The zero-order chi connectivity index (χ0) is 17.9. The van der Waals surface area contributed by atoms with E-state index in [2.05, 4.69) is 4.72 Å². The van der Waals surface area contributed by atoms with E-state index in [1.807, 2.05) is 47.6 Å². The van der Waals surface area contributed by atoms with Gasteiger partial charge in [0.15, 0.2) is 0 Å². The second kappa shape index (κ2) is 7.67. The van der Waals surface area contributed by atoms with Gasteiger partial charge in [0.25, 0.3) is 0 Å². The lowest BCUT2D eigenvalue weighted by Gasteiger charge is -2.26. The maximum absolute atomic E-state index is 12.9. The highest BCUT2D eigenvalue weighted by Gasteiger charge is 2.27. The summed E-state index contributed by atoms with van der Waals surface area (Å²) in [4.78, 5) is 0.341. The molecule has 5 heteroatoms. The molecule has 1 N–H and O–H groups in total. The maximum atomic E-state index is 12.9. The van der Waals surface area contributed by atoms with Crippen molar-refractivity contribution in [2.45, 2.75) is 65.3 Å². The molecule has 4 nitrogen and oxygen atoms in total. The van der Waals surface area contributed by atoms with Crippen molar-refractivity contribution in [3.63, 3.8) is 0 Å². The smallest absolute Gasteiger partial charge is 0.241 e. The number of ether oxygens (including phenoxy) is 1. The summed E-state index contributed by atoms with van der Waals surface area (Å²) in [5.74, 6) is 1.38. The third-order valence-electron chi connectivity index (χ3n) is 4.17. The summed E-state index contributed by atoms with van der Waals surface area (Å²) < 4.78 is 34.1. The Balaban J connectivity index is 3.35. The zero-order valence-corrected chi connectivity index (χ0v) is 16.4. The van der Waals surface area contributed by atoms with E-state index in [0.29, 0.717) is 10.5 Å². The fraction of sp³-hybridized carbons (Fsp3) is 0.667. The number of aryl methyl sites for hydroxylation is 1. The summed E-state index contributed by atoms with van der Waals surface area (Å²) in [6.07, 6.45) is 0. The zero-order valence-electron chi connectivity index (χ0n) is 15.6. The summed E-state index contributed by atoms with van der Waals surface area (Å²) in [6, 6.07) is 3.46. The summed E-state index contributed by atoms with van der Waals surface area (Å²) in [5.41, 5.74) is 1.61. The van der Waals surface area contributed by atoms with Gasteiger partial charge in [-0.2, -0.15) is 0 Å². The SMILES string of the molecule is COc1cc(C)c(S(=O)(=O)NC(C(C)C)C(C)C)cc1C(C)C. The first-order valence-electron chi connectivity index (χ1n) is 8.22. The Morgan fingerprint density at radius 2 is 1.52 bits per heavy atom. The molecule has 0 saturated carbocycles. The molecule has 0 atom stereocenters.